The average molecular weight is 415 g/mol. The van der Waals surface area contributed by atoms with Crippen LogP contribution in [-0.4, -0.2) is 80.5 Å². The highest BCUT2D eigenvalue weighted by molar-refractivity contribution is 7.88. The van der Waals surface area contributed by atoms with E-state index in [2.05, 4.69) is 10.1 Å². The molecule has 28 heavy (non-hydrogen) atoms. The van der Waals surface area contributed by atoms with Crippen molar-refractivity contribution in [2.24, 2.45) is 0 Å². The largest absolute Gasteiger partial charge is 0.467 e. The first-order valence-corrected chi connectivity index (χ1v) is 10.3. The number of esters is 1. The molecule has 1 aromatic carbocycles. The third kappa shape index (κ3) is 5.04. The van der Waals surface area contributed by atoms with Gasteiger partial charge >= 0.3 is 5.97 Å². The van der Waals surface area contributed by atoms with Crippen LogP contribution in [0.3, 0.4) is 0 Å². The number of sulfonamides is 1. The van der Waals surface area contributed by atoms with Gasteiger partial charge < -0.3 is 15.0 Å². The van der Waals surface area contributed by atoms with E-state index in [1.165, 1.54) is 30.0 Å². The van der Waals surface area contributed by atoms with Gasteiger partial charge in [-0.15, -0.1) is 0 Å². The van der Waals surface area contributed by atoms with Crippen molar-refractivity contribution in [3.05, 3.63) is 35.6 Å². The van der Waals surface area contributed by atoms with Crippen LogP contribution in [0.5, 0.6) is 0 Å². The summed E-state index contributed by atoms with van der Waals surface area (Å²) < 4.78 is 43.1. The Morgan fingerprint density at radius 3 is 2.54 bits per heavy atom. The second-order valence-corrected chi connectivity index (χ2v) is 8.34. The second-order valence-electron chi connectivity index (χ2n) is 6.40. The van der Waals surface area contributed by atoms with Crippen LogP contribution in [0.25, 0.3) is 0 Å². The van der Waals surface area contributed by atoms with Crippen LogP contribution in [0, 0.1) is 5.82 Å². The highest BCUT2D eigenvalue weighted by Gasteiger charge is 2.39. The second kappa shape index (κ2) is 8.65. The molecule has 1 aliphatic rings. The standard InChI is InChI=1S/C17H22FN3O6S/c1-11(17(24)27-2)19-15(22)14-10-20(7-8-21(14)28(3,25)26)16(23)12-5-4-6-13(18)9-12/h4-6,9,11,14H,7-8,10H2,1-3H3,(H,19,22)/t11-,14+/m1/s1. The Morgan fingerprint density at radius 1 is 1.29 bits per heavy atom. The molecule has 0 bridgehead atoms. The molecule has 0 unspecified atom stereocenters. The molecular formula is C17H22FN3O6S. The molecule has 0 aliphatic carbocycles. The van der Waals surface area contributed by atoms with E-state index >= 15 is 0 Å². The number of amides is 2. The fraction of sp³-hybridized carbons (Fsp3) is 0.471. The molecule has 1 aromatic rings. The fourth-order valence-corrected chi connectivity index (χ4v) is 3.95. The Labute approximate surface area is 162 Å². The minimum absolute atomic E-state index is 0.0404. The predicted molar refractivity (Wildman–Crippen MR) is 97.3 cm³/mol. The Bertz CT molecular complexity index is 875. The van der Waals surface area contributed by atoms with Gasteiger partial charge in [-0.2, -0.15) is 4.31 Å². The van der Waals surface area contributed by atoms with E-state index in [0.29, 0.717) is 0 Å². The zero-order valence-corrected chi connectivity index (χ0v) is 16.5. The van der Waals surface area contributed by atoms with Gasteiger partial charge in [0.15, 0.2) is 0 Å². The fourth-order valence-electron chi connectivity index (χ4n) is 2.91. The summed E-state index contributed by atoms with van der Waals surface area (Å²) in [7, 11) is -2.58. The number of hydrogen-bond acceptors (Lipinski definition) is 6. The Balaban J connectivity index is 2.23. The van der Waals surface area contributed by atoms with E-state index in [-0.39, 0.29) is 25.2 Å². The molecular weight excluding hydrogens is 393 g/mol. The van der Waals surface area contributed by atoms with Gasteiger partial charge in [0.05, 0.1) is 13.4 Å². The van der Waals surface area contributed by atoms with Crippen LogP contribution < -0.4 is 5.32 Å². The summed E-state index contributed by atoms with van der Waals surface area (Å²) in [6.07, 6.45) is 0.959. The lowest BCUT2D eigenvalue weighted by atomic mass is 10.1. The molecule has 1 saturated heterocycles. The highest BCUT2D eigenvalue weighted by atomic mass is 32.2. The lowest BCUT2D eigenvalue weighted by Crippen LogP contribution is -2.62. The number of nitrogens with zero attached hydrogens (tertiary/aromatic N) is 2. The number of carbonyl (C=O) groups excluding carboxylic acids is 3. The van der Waals surface area contributed by atoms with Crippen molar-refractivity contribution in [3.8, 4) is 0 Å². The van der Waals surface area contributed by atoms with Crippen LogP contribution in [0.1, 0.15) is 17.3 Å². The molecule has 11 heteroatoms. The lowest BCUT2D eigenvalue weighted by molar-refractivity contribution is -0.145. The van der Waals surface area contributed by atoms with Crippen LogP contribution >= 0.6 is 0 Å². The number of halogens is 1. The summed E-state index contributed by atoms with van der Waals surface area (Å²) in [6, 6.07) is 2.87. The number of benzene rings is 1. The molecule has 1 aliphatic heterocycles. The zero-order chi connectivity index (χ0) is 21.1. The quantitative estimate of drug-likeness (QED) is 0.654. The molecule has 1 N–H and O–H groups in total. The normalized spacial score (nSPS) is 19.0. The van der Waals surface area contributed by atoms with Crippen molar-refractivity contribution in [3.63, 3.8) is 0 Å². The molecule has 1 heterocycles. The maximum atomic E-state index is 13.4. The van der Waals surface area contributed by atoms with E-state index in [9.17, 15) is 27.2 Å². The van der Waals surface area contributed by atoms with E-state index in [1.54, 1.807) is 0 Å². The number of rotatable bonds is 5. The van der Waals surface area contributed by atoms with E-state index in [1.807, 2.05) is 0 Å². The molecule has 0 saturated carbocycles. The van der Waals surface area contributed by atoms with Crippen LogP contribution in [0.4, 0.5) is 4.39 Å². The third-order valence-corrected chi connectivity index (χ3v) is 5.62. The summed E-state index contributed by atoms with van der Waals surface area (Å²) in [5.41, 5.74) is 0.0925. The zero-order valence-electron chi connectivity index (χ0n) is 15.7. The number of carbonyl (C=O) groups is 3. The van der Waals surface area contributed by atoms with Gasteiger partial charge in [0.25, 0.3) is 5.91 Å². The maximum absolute atomic E-state index is 13.4. The molecule has 9 nitrogen and oxygen atoms in total. The molecule has 2 amide bonds. The molecule has 0 radical (unpaired) electrons. The first-order chi connectivity index (χ1) is 13.0. The van der Waals surface area contributed by atoms with Gasteiger partial charge in [-0.1, -0.05) is 6.07 Å². The first-order valence-electron chi connectivity index (χ1n) is 8.44. The number of methoxy groups -OCH3 is 1. The summed E-state index contributed by atoms with van der Waals surface area (Å²) in [5, 5.41) is 2.39. The highest BCUT2D eigenvalue weighted by Crippen LogP contribution is 2.17. The molecule has 2 atom stereocenters. The number of piperazine rings is 1. The van der Waals surface area contributed by atoms with Crippen molar-refractivity contribution in [2.75, 3.05) is 33.0 Å². The average Bonchev–Trinajstić information content (AvgIpc) is 2.65. The van der Waals surface area contributed by atoms with Crippen molar-refractivity contribution < 1.29 is 31.9 Å². The Kier molecular flexibility index (Phi) is 6.73. The molecule has 0 spiro atoms. The topological polar surface area (TPSA) is 113 Å². The van der Waals surface area contributed by atoms with Gasteiger partial charge in [0, 0.05) is 25.2 Å². The Morgan fingerprint density at radius 2 is 1.96 bits per heavy atom. The minimum Gasteiger partial charge on any atom is -0.467 e. The third-order valence-electron chi connectivity index (χ3n) is 4.33. The molecule has 2 rings (SSSR count). The predicted octanol–water partition coefficient (Wildman–Crippen LogP) is -0.411. The summed E-state index contributed by atoms with van der Waals surface area (Å²) in [6.45, 7) is 1.10. The van der Waals surface area contributed by atoms with Crippen molar-refractivity contribution in [2.45, 2.75) is 19.0 Å². The number of hydrogen-bond donors (Lipinski definition) is 1. The monoisotopic (exact) mass is 415 g/mol. The first kappa shape index (κ1) is 21.8. The smallest absolute Gasteiger partial charge is 0.328 e. The minimum atomic E-state index is -3.74. The van der Waals surface area contributed by atoms with E-state index in [0.717, 1.165) is 23.7 Å². The maximum Gasteiger partial charge on any atom is 0.328 e. The van der Waals surface area contributed by atoms with Crippen molar-refractivity contribution >= 4 is 27.8 Å². The SMILES string of the molecule is COC(=O)[C@@H](C)NC(=O)[C@@H]1CN(C(=O)c2cccc(F)c2)CCN1S(C)(=O)=O. The summed E-state index contributed by atoms with van der Waals surface area (Å²) >= 11 is 0. The van der Waals surface area contributed by atoms with Gasteiger partial charge in [0.2, 0.25) is 15.9 Å². The van der Waals surface area contributed by atoms with Crippen LogP contribution in [0.15, 0.2) is 24.3 Å². The van der Waals surface area contributed by atoms with Gasteiger partial charge in [-0.3, -0.25) is 9.59 Å². The van der Waals surface area contributed by atoms with Gasteiger partial charge in [-0.05, 0) is 25.1 Å². The summed E-state index contributed by atoms with van der Waals surface area (Å²) in [4.78, 5) is 38.1. The Hall–Kier alpha value is -2.53. The van der Waals surface area contributed by atoms with Gasteiger partial charge in [-0.25, -0.2) is 17.6 Å². The lowest BCUT2D eigenvalue weighted by Gasteiger charge is -2.39. The molecule has 154 valence electrons. The van der Waals surface area contributed by atoms with E-state index < -0.39 is 45.7 Å². The molecule has 0 aromatic heterocycles. The summed E-state index contributed by atoms with van der Waals surface area (Å²) in [5.74, 6) is -2.53. The number of ether oxygens (including phenoxy) is 1. The van der Waals surface area contributed by atoms with Crippen LogP contribution in [-0.2, 0) is 24.3 Å². The van der Waals surface area contributed by atoms with Crippen molar-refractivity contribution in [1.29, 1.82) is 0 Å². The van der Waals surface area contributed by atoms with Gasteiger partial charge in [0.1, 0.15) is 17.9 Å². The molecule has 1 fully saturated rings. The van der Waals surface area contributed by atoms with Crippen molar-refractivity contribution in [1.82, 2.24) is 14.5 Å². The number of nitrogens with one attached hydrogen (secondary N) is 1. The van der Waals surface area contributed by atoms with E-state index in [4.69, 9.17) is 0 Å². The van der Waals surface area contributed by atoms with Crippen LogP contribution in [0.2, 0.25) is 0 Å².